The number of hydrogen-bond donors (Lipinski definition) is 2. The highest BCUT2D eigenvalue weighted by atomic mass is 32.1. The first kappa shape index (κ1) is 14.3. The molecule has 1 aliphatic rings. The SMILES string of the molecule is CC(O)C1CCN(C(=O)c2ccc(F)c(S)c2)CC1. The van der Waals surface area contributed by atoms with Crippen LogP contribution in [0.3, 0.4) is 0 Å². The average molecular weight is 283 g/mol. The number of rotatable bonds is 2. The Labute approximate surface area is 117 Å². The number of aliphatic hydroxyl groups excluding tert-OH is 1. The van der Waals surface area contributed by atoms with E-state index in [1.165, 1.54) is 18.2 Å². The Morgan fingerprint density at radius 1 is 1.47 bits per heavy atom. The molecular weight excluding hydrogens is 265 g/mol. The van der Waals surface area contributed by atoms with E-state index in [9.17, 15) is 14.3 Å². The number of thiol groups is 1. The van der Waals surface area contributed by atoms with Crippen molar-refractivity contribution in [3.63, 3.8) is 0 Å². The molecule has 1 aromatic carbocycles. The van der Waals surface area contributed by atoms with E-state index in [2.05, 4.69) is 12.6 Å². The Kier molecular flexibility index (Phi) is 4.47. The van der Waals surface area contributed by atoms with Gasteiger partial charge in [-0.15, -0.1) is 12.6 Å². The molecule has 5 heteroatoms. The molecule has 3 nitrogen and oxygen atoms in total. The van der Waals surface area contributed by atoms with Gasteiger partial charge in [0.25, 0.3) is 5.91 Å². The monoisotopic (exact) mass is 283 g/mol. The lowest BCUT2D eigenvalue weighted by molar-refractivity contribution is 0.0521. The summed E-state index contributed by atoms with van der Waals surface area (Å²) in [5.74, 6) is -0.259. The summed E-state index contributed by atoms with van der Waals surface area (Å²) in [7, 11) is 0. The summed E-state index contributed by atoms with van der Waals surface area (Å²) in [4.78, 5) is 14.2. The molecule has 0 bridgehead atoms. The number of aliphatic hydroxyl groups is 1. The van der Waals surface area contributed by atoms with E-state index in [1.54, 1.807) is 11.8 Å². The summed E-state index contributed by atoms with van der Waals surface area (Å²) < 4.78 is 13.1. The molecular formula is C14H18FNO2S. The zero-order chi connectivity index (χ0) is 14.0. The molecule has 0 aromatic heterocycles. The summed E-state index contributed by atoms with van der Waals surface area (Å²) >= 11 is 3.99. The number of carbonyl (C=O) groups is 1. The summed E-state index contributed by atoms with van der Waals surface area (Å²) in [6.07, 6.45) is 1.28. The van der Waals surface area contributed by atoms with Crippen LogP contribution in [0.5, 0.6) is 0 Å². The maximum atomic E-state index is 13.1. The zero-order valence-corrected chi connectivity index (χ0v) is 11.7. The molecule has 1 amide bonds. The van der Waals surface area contributed by atoms with Gasteiger partial charge in [-0.1, -0.05) is 0 Å². The molecule has 1 N–H and O–H groups in total. The molecule has 0 radical (unpaired) electrons. The van der Waals surface area contributed by atoms with Gasteiger partial charge in [0.15, 0.2) is 0 Å². The number of benzene rings is 1. The number of amides is 1. The highest BCUT2D eigenvalue weighted by Gasteiger charge is 2.26. The largest absolute Gasteiger partial charge is 0.393 e. The van der Waals surface area contributed by atoms with Crippen LogP contribution in [0.25, 0.3) is 0 Å². The van der Waals surface area contributed by atoms with Crippen LogP contribution in [0.15, 0.2) is 23.1 Å². The van der Waals surface area contributed by atoms with Crippen LogP contribution < -0.4 is 0 Å². The Morgan fingerprint density at radius 2 is 2.11 bits per heavy atom. The minimum absolute atomic E-state index is 0.0978. The second kappa shape index (κ2) is 5.92. The predicted octanol–water partition coefficient (Wildman–Crippen LogP) is 2.35. The normalized spacial score (nSPS) is 18.4. The minimum atomic E-state index is -0.423. The molecule has 1 unspecified atom stereocenters. The number of piperidine rings is 1. The standard InChI is InChI=1S/C14H18FNO2S/c1-9(17)10-4-6-16(7-5-10)14(18)11-2-3-12(15)13(19)8-11/h2-3,8-10,17,19H,4-7H2,1H3. The third-order valence-electron chi connectivity index (χ3n) is 3.70. The molecule has 1 heterocycles. The molecule has 2 rings (SSSR count). The van der Waals surface area contributed by atoms with Crippen molar-refractivity contribution in [1.82, 2.24) is 4.90 Å². The van der Waals surface area contributed by atoms with Gasteiger partial charge in [-0.25, -0.2) is 4.39 Å². The van der Waals surface area contributed by atoms with Crippen molar-refractivity contribution in [1.29, 1.82) is 0 Å². The molecule has 1 atom stereocenters. The summed E-state index contributed by atoms with van der Waals surface area (Å²) in [5, 5.41) is 9.53. The van der Waals surface area contributed by atoms with E-state index in [1.807, 2.05) is 0 Å². The van der Waals surface area contributed by atoms with Crippen LogP contribution >= 0.6 is 12.6 Å². The van der Waals surface area contributed by atoms with Gasteiger partial charge >= 0.3 is 0 Å². The van der Waals surface area contributed by atoms with E-state index in [-0.39, 0.29) is 22.8 Å². The lowest BCUT2D eigenvalue weighted by Crippen LogP contribution is -2.40. The van der Waals surface area contributed by atoms with E-state index < -0.39 is 5.82 Å². The minimum Gasteiger partial charge on any atom is -0.393 e. The van der Waals surface area contributed by atoms with Crippen LogP contribution in [-0.4, -0.2) is 35.1 Å². The van der Waals surface area contributed by atoms with E-state index in [0.717, 1.165) is 12.8 Å². The van der Waals surface area contributed by atoms with Gasteiger partial charge < -0.3 is 10.0 Å². The maximum absolute atomic E-state index is 13.1. The van der Waals surface area contributed by atoms with Gasteiger partial charge in [-0.3, -0.25) is 4.79 Å². The Balaban J connectivity index is 2.03. The Hall–Kier alpha value is -1.07. The van der Waals surface area contributed by atoms with Crippen LogP contribution in [0.2, 0.25) is 0 Å². The highest BCUT2D eigenvalue weighted by molar-refractivity contribution is 7.80. The van der Waals surface area contributed by atoms with Crippen molar-refractivity contribution < 1.29 is 14.3 Å². The van der Waals surface area contributed by atoms with Crippen LogP contribution in [-0.2, 0) is 0 Å². The van der Waals surface area contributed by atoms with Gasteiger partial charge in [-0.2, -0.15) is 0 Å². The first-order chi connectivity index (χ1) is 8.99. The molecule has 1 aliphatic heterocycles. The van der Waals surface area contributed by atoms with Gasteiger partial charge in [0.05, 0.1) is 6.10 Å². The number of likely N-dealkylation sites (tertiary alicyclic amines) is 1. The summed E-state index contributed by atoms with van der Waals surface area (Å²) in [6, 6.07) is 4.21. The fourth-order valence-corrected chi connectivity index (χ4v) is 2.63. The third-order valence-corrected chi connectivity index (χ3v) is 4.04. The van der Waals surface area contributed by atoms with Crippen molar-refractivity contribution in [3.05, 3.63) is 29.6 Å². The summed E-state index contributed by atoms with van der Waals surface area (Å²) in [6.45, 7) is 3.05. The van der Waals surface area contributed by atoms with Gasteiger partial charge in [0.2, 0.25) is 0 Å². The van der Waals surface area contributed by atoms with Gasteiger partial charge in [-0.05, 0) is 43.9 Å². The molecule has 104 valence electrons. The van der Waals surface area contributed by atoms with Crippen molar-refractivity contribution in [3.8, 4) is 0 Å². The van der Waals surface area contributed by atoms with E-state index in [0.29, 0.717) is 18.7 Å². The number of hydrogen-bond acceptors (Lipinski definition) is 3. The topological polar surface area (TPSA) is 40.5 Å². The predicted molar refractivity (Wildman–Crippen MR) is 74.0 cm³/mol. The Bertz CT molecular complexity index is 471. The highest BCUT2D eigenvalue weighted by Crippen LogP contribution is 2.23. The van der Waals surface area contributed by atoms with Gasteiger partial charge in [0, 0.05) is 23.5 Å². The first-order valence-electron chi connectivity index (χ1n) is 6.45. The second-order valence-electron chi connectivity index (χ2n) is 5.04. The van der Waals surface area contributed by atoms with Crippen molar-refractivity contribution in [2.75, 3.05) is 13.1 Å². The number of nitrogens with zero attached hydrogens (tertiary/aromatic N) is 1. The van der Waals surface area contributed by atoms with Crippen LogP contribution in [0, 0.1) is 11.7 Å². The number of carbonyl (C=O) groups excluding carboxylic acids is 1. The van der Waals surface area contributed by atoms with E-state index >= 15 is 0 Å². The van der Waals surface area contributed by atoms with Crippen molar-refractivity contribution in [2.24, 2.45) is 5.92 Å². The number of halogens is 1. The third kappa shape index (κ3) is 3.28. The van der Waals surface area contributed by atoms with E-state index in [4.69, 9.17) is 0 Å². The zero-order valence-electron chi connectivity index (χ0n) is 10.8. The molecule has 19 heavy (non-hydrogen) atoms. The average Bonchev–Trinajstić information content (AvgIpc) is 2.41. The molecule has 0 aliphatic carbocycles. The smallest absolute Gasteiger partial charge is 0.253 e. The lowest BCUT2D eigenvalue weighted by atomic mass is 9.92. The van der Waals surface area contributed by atoms with Crippen molar-refractivity contribution in [2.45, 2.75) is 30.8 Å². The molecule has 1 saturated heterocycles. The van der Waals surface area contributed by atoms with Crippen molar-refractivity contribution >= 4 is 18.5 Å². The second-order valence-corrected chi connectivity index (χ2v) is 5.52. The summed E-state index contributed by atoms with van der Waals surface area (Å²) in [5.41, 5.74) is 0.460. The quantitative estimate of drug-likeness (QED) is 0.818. The molecule has 1 fully saturated rings. The first-order valence-corrected chi connectivity index (χ1v) is 6.89. The molecule has 0 saturated carbocycles. The Morgan fingerprint density at radius 3 is 2.63 bits per heavy atom. The maximum Gasteiger partial charge on any atom is 0.253 e. The van der Waals surface area contributed by atoms with Crippen LogP contribution in [0.4, 0.5) is 4.39 Å². The fraction of sp³-hybridized carbons (Fsp3) is 0.500. The van der Waals surface area contributed by atoms with Crippen LogP contribution in [0.1, 0.15) is 30.1 Å². The lowest BCUT2D eigenvalue weighted by Gasteiger charge is -2.33. The van der Waals surface area contributed by atoms with Gasteiger partial charge in [0.1, 0.15) is 5.82 Å². The molecule has 1 aromatic rings. The molecule has 0 spiro atoms. The fourth-order valence-electron chi connectivity index (χ4n) is 2.41.